The van der Waals surface area contributed by atoms with Crippen LogP contribution in [0.5, 0.6) is 0 Å². The van der Waals surface area contributed by atoms with Crippen molar-refractivity contribution in [3.8, 4) is 0 Å². The van der Waals surface area contributed by atoms with Crippen molar-refractivity contribution in [3.05, 3.63) is 0 Å². The van der Waals surface area contributed by atoms with Crippen molar-refractivity contribution < 1.29 is 4.79 Å². The van der Waals surface area contributed by atoms with E-state index in [-0.39, 0.29) is 6.03 Å². The molecule has 0 saturated carbocycles. The van der Waals surface area contributed by atoms with Crippen molar-refractivity contribution in [3.63, 3.8) is 0 Å². The number of amides is 2. The predicted octanol–water partition coefficient (Wildman–Crippen LogP) is -1.62. The van der Waals surface area contributed by atoms with Gasteiger partial charge in [0.25, 0.3) is 0 Å². The normalized spacial score (nSPS) is 14.8. The van der Waals surface area contributed by atoms with Crippen molar-refractivity contribution in [2.24, 2.45) is 4.99 Å². The maximum atomic E-state index is 10.6. The summed E-state index contributed by atoms with van der Waals surface area (Å²) < 4.78 is 0. The molecule has 0 spiro atoms. The monoisotopic (exact) mass is 157 g/mol. The summed E-state index contributed by atoms with van der Waals surface area (Å²) in [4.78, 5) is 14.6. The molecule has 6 nitrogen and oxygen atoms in total. The summed E-state index contributed by atoms with van der Waals surface area (Å²) in [5.41, 5.74) is 4.99. The van der Waals surface area contributed by atoms with Crippen molar-refractivity contribution in [2.45, 2.75) is 0 Å². The number of hydrogen-bond acceptors (Lipinski definition) is 4. The molecule has 0 aromatic carbocycles. The molecule has 0 aromatic rings. The van der Waals surface area contributed by atoms with Crippen LogP contribution in [0.25, 0.3) is 0 Å². The lowest BCUT2D eigenvalue weighted by atomic mass is 10.7. The van der Waals surface area contributed by atoms with E-state index in [2.05, 4.69) is 26.5 Å². The first kappa shape index (κ1) is 7.64. The molecule has 0 radical (unpaired) electrons. The molecule has 2 amide bonds. The minimum Gasteiger partial charge on any atom is -0.353 e. The van der Waals surface area contributed by atoms with Gasteiger partial charge in [-0.05, 0) is 0 Å². The van der Waals surface area contributed by atoms with Crippen LogP contribution in [0.3, 0.4) is 0 Å². The van der Waals surface area contributed by atoms with Gasteiger partial charge in [-0.1, -0.05) is 0 Å². The fourth-order valence-corrected chi connectivity index (χ4v) is 0.660. The summed E-state index contributed by atoms with van der Waals surface area (Å²) >= 11 is 0. The Bertz CT molecular complexity index is 178. The Morgan fingerprint density at radius 1 is 1.73 bits per heavy atom. The maximum Gasteiger partial charge on any atom is 0.333 e. The minimum atomic E-state index is -0.290. The fourth-order valence-electron chi connectivity index (χ4n) is 0.660. The molecule has 1 heterocycles. The minimum absolute atomic E-state index is 0.290. The van der Waals surface area contributed by atoms with Crippen LogP contribution in [-0.2, 0) is 0 Å². The van der Waals surface area contributed by atoms with E-state index in [1.807, 2.05) is 0 Å². The van der Waals surface area contributed by atoms with E-state index < -0.39 is 0 Å². The number of carbonyl (C=O) groups is 1. The molecule has 0 aromatic heterocycles. The summed E-state index contributed by atoms with van der Waals surface area (Å²) in [5.74, 6) is 0.605. The Morgan fingerprint density at radius 3 is 3.09 bits per heavy atom. The Kier molecular flexibility index (Phi) is 2.53. The molecular formula is C5H11N5O. The van der Waals surface area contributed by atoms with Crippen molar-refractivity contribution in [1.82, 2.24) is 21.5 Å². The third-order valence-corrected chi connectivity index (χ3v) is 1.20. The topological polar surface area (TPSA) is 77.6 Å². The molecule has 4 N–H and O–H groups in total. The molecule has 0 saturated heterocycles. The largest absolute Gasteiger partial charge is 0.353 e. The Morgan fingerprint density at radius 2 is 2.55 bits per heavy atom. The van der Waals surface area contributed by atoms with Gasteiger partial charge in [0.15, 0.2) is 0 Å². The lowest BCUT2D eigenvalue weighted by molar-refractivity contribution is 0.241. The highest BCUT2D eigenvalue weighted by molar-refractivity contribution is 5.84. The molecule has 1 rings (SSSR count). The van der Waals surface area contributed by atoms with Crippen molar-refractivity contribution in [2.75, 3.05) is 20.1 Å². The fraction of sp³-hybridized carbons (Fsp3) is 0.600. The van der Waals surface area contributed by atoms with Gasteiger partial charge in [0.1, 0.15) is 0 Å². The number of guanidine groups is 1. The van der Waals surface area contributed by atoms with Crippen LogP contribution in [-0.4, -0.2) is 32.1 Å². The summed E-state index contributed by atoms with van der Waals surface area (Å²) in [5, 5.41) is 5.33. The van der Waals surface area contributed by atoms with E-state index in [4.69, 9.17) is 0 Å². The number of hydrogen-bond donors (Lipinski definition) is 4. The first-order chi connectivity index (χ1) is 5.33. The molecule has 11 heavy (non-hydrogen) atoms. The van der Waals surface area contributed by atoms with Gasteiger partial charge >= 0.3 is 6.03 Å². The summed E-state index contributed by atoms with van der Waals surface area (Å²) in [6.07, 6.45) is 0. The van der Waals surface area contributed by atoms with Crippen molar-refractivity contribution >= 4 is 12.0 Å². The highest BCUT2D eigenvalue weighted by atomic mass is 16.2. The molecule has 62 valence electrons. The summed E-state index contributed by atoms with van der Waals surface area (Å²) in [6.45, 7) is 1.56. The van der Waals surface area contributed by atoms with E-state index in [0.29, 0.717) is 5.96 Å². The molecular weight excluding hydrogens is 146 g/mol. The third kappa shape index (κ3) is 2.32. The standard InChI is InChI=1S/C5H11N5O/c1-6-5(11)10-9-4-7-2-3-8-4/h2-3H2,1H3,(H2,6,10,11)(H2,7,8,9). The third-order valence-electron chi connectivity index (χ3n) is 1.20. The van der Waals surface area contributed by atoms with Gasteiger partial charge in [0.2, 0.25) is 5.96 Å². The number of carbonyl (C=O) groups excluding carboxylic acids is 1. The zero-order chi connectivity index (χ0) is 8.10. The van der Waals surface area contributed by atoms with Crippen molar-refractivity contribution in [1.29, 1.82) is 0 Å². The van der Waals surface area contributed by atoms with Gasteiger partial charge in [-0.2, -0.15) is 0 Å². The van der Waals surface area contributed by atoms with Gasteiger partial charge in [0, 0.05) is 13.6 Å². The lowest BCUT2D eigenvalue weighted by Crippen LogP contribution is -2.49. The maximum absolute atomic E-state index is 10.6. The molecule has 0 aliphatic carbocycles. The van der Waals surface area contributed by atoms with Gasteiger partial charge < -0.3 is 10.6 Å². The second-order valence-electron chi connectivity index (χ2n) is 1.99. The average Bonchev–Trinajstić information content (AvgIpc) is 2.52. The number of nitrogens with one attached hydrogen (secondary N) is 4. The van der Waals surface area contributed by atoms with Gasteiger partial charge in [-0.15, -0.1) is 0 Å². The number of nitrogens with zero attached hydrogens (tertiary/aromatic N) is 1. The second-order valence-corrected chi connectivity index (χ2v) is 1.99. The number of urea groups is 1. The van der Waals surface area contributed by atoms with Crippen LogP contribution >= 0.6 is 0 Å². The predicted molar refractivity (Wildman–Crippen MR) is 41.0 cm³/mol. The van der Waals surface area contributed by atoms with Crippen LogP contribution < -0.4 is 21.5 Å². The number of hydrazine groups is 1. The van der Waals surface area contributed by atoms with E-state index in [1.165, 1.54) is 0 Å². The zero-order valence-corrected chi connectivity index (χ0v) is 6.27. The highest BCUT2D eigenvalue weighted by Gasteiger charge is 2.03. The van der Waals surface area contributed by atoms with Gasteiger partial charge in [0.05, 0.1) is 6.54 Å². The molecule has 0 atom stereocenters. The average molecular weight is 157 g/mol. The molecule has 1 aliphatic rings. The van der Waals surface area contributed by atoms with E-state index in [1.54, 1.807) is 7.05 Å². The van der Waals surface area contributed by atoms with Crippen LogP contribution in [0.15, 0.2) is 4.99 Å². The first-order valence-corrected chi connectivity index (χ1v) is 3.35. The number of aliphatic imine (C=N–C) groups is 1. The van der Waals surface area contributed by atoms with Gasteiger partial charge in [-0.3, -0.25) is 10.4 Å². The Labute approximate surface area is 64.4 Å². The zero-order valence-electron chi connectivity index (χ0n) is 6.27. The van der Waals surface area contributed by atoms with E-state index >= 15 is 0 Å². The molecule has 1 aliphatic heterocycles. The lowest BCUT2D eigenvalue weighted by Gasteiger charge is -2.06. The molecule has 0 bridgehead atoms. The van der Waals surface area contributed by atoms with E-state index in [9.17, 15) is 4.79 Å². The van der Waals surface area contributed by atoms with Crippen LogP contribution in [0.4, 0.5) is 4.79 Å². The first-order valence-electron chi connectivity index (χ1n) is 3.35. The van der Waals surface area contributed by atoms with Gasteiger partial charge in [-0.25, -0.2) is 10.2 Å². The quantitative estimate of drug-likeness (QED) is 0.319. The molecule has 0 unspecified atom stereocenters. The summed E-state index contributed by atoms with van der Waals surface area (Å²) in [6, 6.07) is -0.290. The Hall–Kier alpha value is -1.46. The SMILES string of the molecule is CNC(=O)NNC1=NCCN1. The van der Waals surface area contributed by atoms with Crippen LogP contribution in [0.1, 0.15) is 0 Å². The smallest absolute Gasteiger partial charge is 0.333 e. The molecule has 0 fully saturated rings. The number of rotatable bonds is 0. The van der Waals surface area contributed by atoms with Crippen LogP contribution in [0.2, 0.25) is 0 Å². The Balaban J connectivity index is 2.16. The van der Waals surface area contributed by atoms with Crippen LogP contribution in [0, 0.1) is 0 Å². The highest BCUT2D eigenvalue weighted by Crippen LogP contribution is 1.78. The summed E-state index contributed by atoms with van der Waals surface area (Å²) in [7, 11) is 1.54. The second kappa shape index (κ2) is 3.65. The molecule has 6 heteroatoms. The van der Waals surface area contributed by atoms with E-state index in [0.717, 1.165) is 13.1 Å².